The second-order valence-corrected chi connectivity index (χ2v) is 5.42. The van der Waals surface area contributed by atoms with E-state index < -0.39 is 41.9 Å². The van der Waals surface area contributed by atoms with Crippen molar-refractivity contribution in [1.82, 2.24) is 9.78 Å². The molecule has 1 heterocycles. The Morgan fingerprint density at radius 2 is 2.14 bits per heavy atom. The Kier molecular flexibility index (Phi) is 2.83. The zero-order valence-corrected chi connectivity index (χ0v) is 11.5. The molecule has 6 nitrogen and oxygen atoms in total. The highest BCUT2D eigenvalue weighted by Gasteiger charge is 2.71. The fourth-order valence-corrected chi connectivity index (χ4v) is 3.35. The van der Waals surface area contributed by atoms with Crippen molar-refractivity contribution in [2.24, 2.45) is 11.8 Å². The molecule has 2 aliphatic carbocycles. The molecule has 8 heteroatoms. The number of esters is 1. The lowest BCUT2D eigenvalue weighted by Gasteiger charge is -2.15. The monoisotopic (exact) mass is 300 g/mol. The van der Waals surface area contributed by atoms with Gasteiger partial charge in [-0.25, -0.2) is 4.79 Å². The van der Waals surface area contributed by atoms with Crippen LogP contribution in [0.5, 0.6) is 0 Å². The zero-order valence-electron chi connectivity index (χ0n) is 11.5. The molecule has 0 unspecified atom stereocenters. The minimum absolute atomic E-state index is 0.0967. The van der Waals surface area contributed by atoms with E-state index in [2.05, 4.69) is 5.10 Å². The van der Waals surface area contributed by atoms with Crippen LogP contribution in [0.3, 0.4) is 0 Å². The van der Waals surface area contributed by atoms with Crippen LogP contribution in [0.2, 0.25) is 0 Å². The minimum Gasteiger partial charge on any atom is -0.480 e. The maximum absolute atomic E-state index is 14.4. The fourth-order valence-electron chi connectivity index (χ4n) is 3.35. The lowest BCUT2D eigenvalue weighted by atomic mass is 10.1. The van der Waals surface area contributed by atoms with E-state index in [1.807, 2.05) is 0 Å². The van der Waals surface area contributed by atoms with Crippen molar-refractivity contribution in [3.05, 3.63) is 17.0 Å². The van der Waals surface area contributed by atoms with Crippen molar-refractivity contribution in [3.63, 3.8) is 0 Å². The Hall–Kier alpha value is -1.99. The molecule has 3 rings (SSSR count). The first-order chi connectivity index (χ1) is 9.80. The molecule has 0 aliphatic heterocycles. The van der Waals surface area contributed by atoms with Crippen LogP contribution in [-0.2, 0) is 22.0 Å². The summed E-state index contributed by atoms with van der Waals surface area (Å²) in [5.41, 5.74) is -0.456. The van der Waals surface area contributed by atoms with E-state index >= 15 is 0 Å². The number of hydrogen-bond donors (Lipinski definition) is 1. The molecule has 21 heavy (non-hydrogen) atoms. The molecule has 0 radical (unpaired) electrons. The second kappa shape index (κ2) is 4.25. The van der Waals surface area contributed by atoms with Gasteiger partial charge in [0.25, 0.3) is 5.92 Å². The number of hydrogen-bond acceptors (Lipinski definition) is 4. The summed E-state index contributed by atoms with van der Waals surface area (Å²) >= 11 is 0. The molecule has 0 bridgehead atoms. The highest BCUT2D eigenvalue weighted by atomic mass is 19.3. The number of carbonyl (C=O) groups excluding carboxylic acids is 1. The van der Waals surface area contributed by atoms with Crippen LogP contribution < -0.4 is 0 Å². The molecular weight excluding hydrogens is 286 g/mol. The quantitative estimate of drug-likeness (QED) is 0.854. The predicted octanol–water partition coefficient (Wildman–Crippen LogP) is 1.60. The highest BCUT2D eigenvalue weighted by Crippen LogP contribution is 2.71. The lowest BCUT2D eigenvalue weighted by molar-refractivity contribution is -0.138. The molecule has 1 saturated carbocycles. The smallest absolute Gasteiger partial charge is 0.359 e. The van der Waals surface area contributed by atoms with Gasteiger partial charge in [-0.2, -0.15) is 13.9 Å². The van der Waals surface area contributed by atoms with E-state index in [1.54, 1.807) is 13.8 Å². The summed E-state index contributed by atoms with van der Waals surface area (Å²) in [5, 5.41) is 12.6. The summed E-state index contributed by atoms with van der Waals surface area (Å²) < 4.78 is 34.3. The molecule has 0 spiro atoms. The van der Waals surface area contributed by atoms with Gasteiger partial charge in [0.05, 0.1) is 6.61 Å². The van der Waals surface area contributed by atoms with Crippen LogP contribution in [0, 0.1) is 11.8 Å². The molecule has 1 aromatic heterocycles. The summed E-state index contributed by atoms with van der Waals surface area (Å²) in [6.45, 7) is 2.68. The van der Waals surface area contributed by atoms with Gasteiger partial charge in [0.2, 0.25) is 0 Å². The fraction of sp³-hybridized carbons (Fsp3) is 0.615. The number of aliphatic carboxylic acids is 1. The topological polar surface area (TPSA) is 81.4 Å². The predicted molar refractivity (Wildman–Crippen MR) is 65.1 cm³/mol. The first kappa shape index (κ1) is 14.0. The van der Waals surface area contributed by atoms with Crippen LogP contribution in [0.1, 0.15) is 41.5 Å². The van der Waals surface area contributed by atoms with Gasteiger partial charge >= 0.3 is 11.9 Å². The number of carbonyl (C=O) groups is 2. The van der Waals surface area contributed by atoms with Crippen molar-refractivity contribution in [2.45, 2.75) is 32.2 Å². The molecule has 2 aliphatic rings. The number of halogens is 2. The molecule has 3 atom stereocenters. The number of ether oxygens (including phenoxy) is 1. The molecule has 1 fully saturated rings. The molecular formula is C13H14F2N2O4. The average molecular weight is 300 g/mol. The van der Waals surface area contributed by atoms with Crippen molar-refractivity contribution < 1.29 is 28.2 Å². The van der Waals surface area contributed by atoms with Gasteiger partial charge in [-0.15, -0.1) is 0 Å². The number of carboxylic acid groups (broad SMARTS) is 1. The zero-order chi connectivity index (χ0) is 15.5. The normalized spacial score (nSPS) is 27.9. The summed E-state index contributed by atoms with van der Waals surface area (Å²) in [7, 11) is 0. The van der Waals surface area contributed by atoms with E-state index in [4.69, 9.17) is 9.84 Å². The third kappa shape index (κ3) is 1.77. The Morgan fingerprint density at radius 1 is 1.48 bits per heavy atom. The number of aromatic nitrogens is 2. The molecule has 1 N–H and O–H groups in total. The van der Waals surface area contributed by atoms with Crippen LogP contribution in [0.25, 0.3) is 0 Å². The number of rotatable bonds is 4. The lowest BCUT2D eigenvalue weighted by Crippen LogP contribution is -2.23. The summed E-state index contributed by atoms with van der Waals surface area (Å²) in [6, 6.07) is 0. The Balaban J connectivity index is 2.13. The third-order valence-electron chi connectivity index (χ3n) is 4.19. The summed E-state index contributed by atoms with van der Waals surface area (Å²) in [5.74, 6) is -6.81. The Bertz CT molecular complexity index is 640. The van der Waals surface area contributed by atoms with Crippen LogP contribution >= 0.6 is 0 Å². The number of nitrogens with zero attached hydrogens (tertiary/aromatic N) is 2. The minimum atomic E-state index is -3.16. The highest BCUT2D eigenvalue weighted by molar-refractivity contribution is 5.90. The summed E-state index contributed by atoms with van der Waals surface area (Å²) in [4.78, 5) is 22.7. The van der Waals surface area contributed by atoms with Crippen LogP contribution in [0.4, 0.5) is 8.78 Å². The van der Waals surface area contributed by atoms with E-state index in [0.29, 0.717) is 0 Å². The average Bonchev–Trinajstić information content (AvgIpc) is 2.77. The van der Waals surface area contributed by atoms with Crippen LogP contribution in [0.15, 0.2) is 0 Å². The van der Waals surface area contributed by atoms with Gasteiger partial charge in [-0.3, -0.25) is 9.48 Å². The first-order valence-corrected chi connectivity index (χ1v) is 6.68. The van der Waals surface area contributed by atoms with Gasteiger partial charge in [0.1, 0.15) is 12.2 Å². The number of alkyl halides is 2. The van der Waals surface area contributed by atoms with Gasteiger partial charge in [0.15, 0.2) is 5.69 Å². The van der Waals surface area contributed by atoms with E-state index in [-0.39, 0.29) is 23.8 Å². The largest absolute Gasteiger partial charge is 0.480 e. The molecule has 1 aromatic rings. The molecule has 0 saturated heterocycles. The SMILES string of the molecule is CCOC(=O)c1nn(CC(=O)O)c2c1[C@@H]1[C@H](C)[C@@H]1C2(F)F. The van der Waals surface area contributed by atoms with Gasteiger partial charge < -0.3 is 9.84 Å². The van der Waals surface area contributed by atoms with Crippen molar-refractivity contribution in [3.8, 4) is 0 Å². The second-order valence-electron chi connectivity index (χ2n) is 5.42. The maximum Gasteiger partial charge on any atom is 0.359 e. The number of carboxylic acids is 1. The molecule has 114 valence electrons. The van der Waals surface area contributed by atoms with Gasteiger partial charge in [-0.05, 0) is 12.8 Å². The van der Waals surface area contributed by atoms with E-state index in [1.165, 1.54) is 0 Å². The number of fused-ring (bicyclic) bond motifs is 3. The van der Waals surface area contributed by atoms with Crippen molar-refractivity contribution in [1.29, 1.82) is 0 Å². The van der Waals surface area contributed by atoms with E-state index in [0.717, 1.165) is 4.68 Å². The molecule has 0 aromatic carbocycles. The first-order valence-electron chi connectivity index (χ1n) is 6.68. The Morgan fingerprint density at radius 3 is 2.71 bits per heavy atom. The van der Waals surface area contributed by atoms with E-state index in [9.17, 15) is 18.4 Å². The summed E-state index contributed by atoms with van der Waals surface area (Å²) in [6.07, 6.45) is 0. The van der Waals surface area contributed by atoms with Crippen LogP contribution in [-0.4, -0.2) is 33.4 Å². The maximum atomic E-state index is 14.4. The van der Waals surface area contributed by atoms with Gasteiger partial charge in [0, 0.05) is 17.4 Å². The standard InChI is InChI=1S/C13H14F2N2O4/c1-3-21-12(20)10-8-7-5(2)9(7)13(14,15)11(8)17(16-10)4-6(18)19/h5,7,9H,3-4H2,1-2H3,(H,18,19)/t5-,7-,9-/m0/s1. The third-order valence-corrected chi connectivity index (χ3v) is 4.19. The molecule has 0 amide bonds. The van der Waals surface area contributed by atoms with Crippen molar-refractivity contribution >= 4 is 11.9 Å². The van der Waals surface area contributed by atoms with Gasteiger partial charge in [-0.1, -0.05) is 6.92 Å². The Labute approximate surface area is 118 Å². The van der Waals surface area contributed by atoms with Crippen molar-refractivity contribution in [2.75, 3.05) is 6.61 Å².